The molecule has 1 aromatic heterocycles. The molecule has 3 heteroatoms. The van der Waals surface area contributed by atoms with Crippen molar-refractivity contribution in [2.45, 2.75) is 71.0 Å². The van der Waals surface area contributed by atoms with E-state index in [9.17, 15) is 0 Å². The zero-order valence-electron chi connectivity index (χ0n) is 13.0. The largest absolute Gasteiger partial charge is 0.308 e. The molecule has 1 heterocycles. The third kappa shape index (κ3) is 6.98. The van der Waals surface area contributed by atoms with Crippen LogP contribution in [0.2, 0.25) is 0 Å². The minimum Gasteiger partial charge on any atom is -0.308 e. The van der Waals surface area contributed by atoms with E-state index in [1.807, 2.05) is 18.0 Å². The molecular weight excluding hydrogens is 252 g/mol. The normalized spacial score (nSPS) is 11.8. The van der Waals surface area contributed by atoms with Crippen LogP contribution in [0.3, 0.4) is 0 Å². The SMILES string of the molecule is CCCCCSc1ncc(CNC(C)(C)C)cc1C. The second-order valence-electron chi connectivity index (χ2n) is 6.12. The molecule has 0 aliphatic carbocycles. The molecule has 1 rings (SSSR count). The number of hydrogen-bond acceptors (Lipinski definition) is 3. The molecule has 0 bridgehead atoms. The van der Waals surface area contributed by atoms with Gasteiger partial charge in [0, 0.05) is 18.3 Å². The van der Waals surface area contributed by atoms with Gasteiger partial charge in [0.25, 0.3) is 0 Å². The van der Waals surface area contributed by atoms with Crippen LogP contribution in [0.5, 0.6) is 0 Å². The van der Waals surface area contributed by atoms with E-state index < -0.39 is 0 Å². The van der Waals surface area contributed by atoms with Crippen molar-refractivity contribution in [2.75, 3.05) is 5.75 Å². The highest BCUT2D eigenvalue weighted by molar-refractivity contribution is 7.99. The maximum atomic E-state index is 4.60. The third-order valence-electron chi connectivity index (χ3n) is 2.90. The number of rotatable bonds is 7. The summed E-state index contributed by atoms with van der Waals surface area (Å²) in [6.07, 6.45) is 5.90. The van der Waals surface area contributed by atoms with Crippen molar-refractivity contribution in [3.8, 4) is 0 Å². The minimum absolute atomic E-state index is 0.154. The Kier molecular flexibility index (Phi) is 6.87. The highest BCUT2D eigenvalue weighted by Gasteiger charge is 2.09. The predicted octanol–water partition coefficient (Wildman–Crippen LogP) is 4.56. The Morgan fingerprint density at radius 3 is 2.58 bits per heavy atom. The molecule has 0 amide bonds. The van der Waals surface area contributed by atoms with Gasteiger partial charge in [-0.3, -0.25) is 0 Å². The molecule has 0 aliphatic heterocycles. The molecule has 108 valence electrons. The Morgan fingerprint density at radius 2 is 2.00 bits per heavy atom. The van der Waals surface area contributed by atoms with Gasteiger partial charge in [0.1, 0.15) is 0 Å². The van der Waals surface area contributed by atoms with Crippen LogP contribution in [0.1, 0.15) is 58.1 Å². The molecular formula is C16H28N2S. The summed E-state index contributed by atoms with van der Waals surface area (Å²) in [5.41, 5.74) is 2.72. The average Bonchev–Trinajstić information content (AvgIpc) is 2.33. The molecule has 0 aliphatic rings. The quantitative estimate of drug-likeness (QED) is 0.585. The molecule has 2 nitrogen and oxygen atoms in total. The van der Waals surface area contributed by atoms with Crippen molar-refractivity contribution in [1.82, 2.24) is 10.3 Å². The van der Waals surface area contributed by atoms with Gasteiger partial charge in [0.15, 0.2) is 0 Å². The molecule has 1 N–H and O–H groups in total. The van der Waals surface area contributed by atoms with E-state index in [0.717, 1.165) is 6.54 Å². The molecule has 0 saturated carbocycles. The van der Waals surface area contributed by atoms with Crippen LogP contribution in [0.25, 0.3) is 0 Å². The molecule has 0 unspecified atom stereocenters. The van der Waals surface area contributed by atoms with Crippen LogP contribution in [-0.4, -0.2) is 16.3 Å². The first-order valence-electron chi connectivity index (χ1n) is 7.25. The zero-order chi connectivity index (χ0) is 14.3. The van der Waals surface area contributed by atoms with E-state index in [1.54, 1.807) is 0 Å². The number of nitrogens with zero attached hydrogens (tertiary/aromatic N) is 1. The number of pyridine rings is 1. The Hall–Kier alpha value is -0.540. The van der Waals surface area contributed by atoms with Crippen molar-refractivity contribution < 1.29 is 0 Å². The smallest absolute Gasteiger partial charge is 0.0989 e. The topological polar surface area (TPSA) is 24.9 Å². The van der Waals surface area contributed by atoms with Gasteiger partial charge < -0.3 is 5.32 Å². The Labute approximate surface area is 122 Å². The number of nitrogens with one attached hydrogen (secondary N) is 1. The fourth-order valence-corrected chi connectivity index (χ4v) is 2.71. The van der Waals surface area contributed by atoms with Gasteiger partial charge >= 0.3 is 0 Å². The lowest BCUT2D eigenvalue weighted by molar-refractivity contribution is 0.424. The first kappa shape index (κ1) is 16.5. The number of hydrogen-bond donors (Lipinski definition) is 1. The summed E-state index contributed by atoms with van der Waals surface area (Å²) in [6.45, 7) is 11.8. The molecule has 1 aromatic rings. The van der Waals surface area contributed by atoms with Gasteiger partial charge in [0.2, 0.25) is 0 Å². The fourth-order valence-electron chi connectivity index (χ4n) is 1.76. The van der Waals surface area contributed by atoms with Crippen molar-refractivity contribution in [3.05, 3.63) is 23.4 Å². The molecule has 0 saturated heterocycles. The average molecular weight is 280 g/mol. The highest BCUT2D eigenvalue weighted by Crippen LogP contribution is 2.22. The van der Waals surface area contributed by atoms with Gasteiger partial charge in [-0.2, -0.15) is 0 Å². The first-order chi connectivity index (χ1) is 8.92. The summed E-state index contributed by atoms with van der Waals surface area (Å²) >= 11 is 1.89. The van der Waals surface area contributed by atoms with E-state index in [2.05, 4.69) is 51.0 Å². The second-order valence-corrected chi connectivity index (χ2v) is 7.21. The van der Waals surface area contributed by atoms with Crippen molar-refractivity contribution >= 4 is 11.8 Å². The van der Waals surface area contributed by atoms with Crippen LogP contribution in [0.15, 0.2) is 17.3 Å². The summed E-state index contributed by atoms with van der Waals surface area (Å²) in [7, 11) is 0. The van der Waals surface area contributed by atoms with Gasteiger partial charge in [0.05, 0.1) is 5.03 Å². The van der Waals surface area contributed by atoms with E-state index in [4.69, 9.17) is 0 Å². The van der Waals surface area contributed by atoms with Crippen molar-refractivity contribution in [2.24, 2.45) is 0 Å². The maximum Gasteiger partial charge on any atom is 0.0989 e. The Balaban J connectivity index is 2.49. The Bertz CT molecular complexity index is 383. The zero-order valence-corrected chi connectivity index (χ0v) is 13.9. The lowest BCUT2D eigenvalue weighted by atomic mass is 10.1. The van der Waals surface area contributed by atoms with Crippen LogP contribution in [0, 0.1) is 6.92 Å². The van der Waals surface area contributed by atoms with Gasteiger partial charge in [-0.1, -0.05) is 25.8 Å². The van der Waals surface area contributed by atoms with Crippen LogP contribution < -0.4 is 5.32 Å². The predicted molar refractivity (Wildman–Crippen MR) is 85.8 cm³/mol. The maximum absolute atomic E-state index is 4.60. The summed E-state index contributed by atoms with van der Waals surface area (Å²) in [6, 6.07) is 2.26. The number of aromatic nitrogens is 1. The summed E-state index contributed by atoms with van der Waals surface area (Å²) in [5, 5.41) is 4.69. The highest BCUT2D eigenvalue weighted by atomic mass is 32.2. The second kappa shape index (κ2) is 7.91. The van der Waals surface area contributed by atoms with Crippen LogP contribution in [-0.2, 0) is 6.54 Å². The summed E-state index contributed by atoms with van der Waals surface area (Å²) < 4.78 is 0. The lowest BCUT2D eigenvalue weighted by Crippen LogP contribution is -2.35. The Morgan fingerprint density at radius 1 is 1.26 bits per heavy atom. The number of unbranched alkanes of at least 4 members (excludes halogenated alkanes) is 2. The van der Waals surface area contributed by atoms with Gasteiger partial charge in [-0.25, -0.2) is 4.98 Å². The molecule has 0 atom stereocenters. The van der Waals surface area contributed by atoms with E-state index in [0.29, 0.717) is 0 Å². The molecule has 0 aromatic carbocycles. The van der Waals surface area contributed by atoms with Crippen molar-refractivity contribution in [3.63, 3.8) is 0 Å². The van der Waals surface area contributed by atoms with Gasteiger partial charge in [-0.05, 0) is 51.0 Å². The fraction of sp³-hybridized carbons (Fsp3) is 0.688. The number of aryl methyl sites for hydroxylation is 1. The third-order valence-corrected chi connectivity index (χ3v) is 4.09. The summed E-state index contributed by atoms with van der Waals surface area (Å²) in [5.74, 6) is 1.18. The number of thioether (sulfide) groups is 1. The van der Waals surface area contributed by atoms with E-state index in [1.165, 1.54) is 41.2 Å². The first-order valence-corrected chi connectivity index (χ1v) is 8.24. The molecule has 19 heavy (non-hydrogen) atoms. The van der Waals surface area contributed by atoms with Crippen LogP contribution in [0.4, 0.5) is 0 Å². The lowest BCUT2D eigenvalue weighted by Gasteiger charge is -2.20. The molecule has 0 radical (unpaired) electrons. The van der Waals surface area contributed by atoms with Crippen molar-refractivity contribution in [1.29, 1.82) is 0 Å². The van der Waals surface area contributed by atoms with E-state index in [-0.39, 0.29) is 5.54 Å². The van der Waals surface area contributed by atoms with E-state index >= 15 is 0 Å². The summed E-state index contributed by atoms with van der Waals surface area (Å²) in [4.78, 5) is 4.60. The van der Waals surface area contributed by atoms with Crippen LogP contribution >= 0.6 is 11.8 Å². The van der Waals surface area contributed by atoms with Gasteiger partial charge in [-0.15, -0.1) is 11.8 Å². The monoisotopic (exact) mass is 280 g/mol. The molecule has 0 spiro atoms. The minimum atomic E-state index is 0.154. The standard InChI is InChI=1S/C16H28N2S/c1-6-7-8-9-19-15-13(2)10-14(11-17-15)12-18-16(3,4)5/h10-11,18H,6-9,12H2,1-5H3. The molecule has 0 fully saturated rings.